The van der Waals surface area contributed by atoms with Crippen LogP contribution >= 0.6 is 0 Å². The van der Waals surface area contributed by atoms with Crippen molar-refractivity contribution >= 4 is 21.8 Å². The van der Waals surface area contributed by atoms with Crippen LogP contribution in [0.1, 0.15) is 44.6 Å². The van der Waals surface area contributed by atoms with Gasteiger partial charge >= 0.3 is 6.09 Å². The third kappa shape index (κ3) is 6.70. The fraction of sp³-hybridized carbons (Fsp3) is 0.435. The van der Waals surface area contributed by atoms with Gasteiger partial charge in [-0.1, -0.05) is 57.2 Å². The summed E-state index contributed by atoms with van der Waals surface area (Å²) in [5.41, 5.74) is 6.39. The van der Waals surface area contributed by atoms with E-state index in [1.165, 1.54) is 56.4 Å². The minimum Gasteiger partial charge on any atom is -0.411 e. The van der Waals surface area contributed by atoms with Gasteiger partial charge in [-0.3, -0.25) is 4.72 Å². The molecule has 7 nitrogen and oxygen atoms in total. The zero-order valence-electron chi connectivity index (χ0n) is 17.8. The SMILES string of the molecule is CC(CNCc1ccccc1NS(=O)(=O)c1ccc(OC(N)=O)cc1)C1CCCCC1. The van der Waals surface area contributed by atoms with Gasteiger partial charge in [0.1, 0.15) is 5.75 Å². The number of nitrogens with two attached hydrogens (primary N) is 1. The maximum Gasteiger partial charge on any atom is 0.409 e. The summed E-state index contributed by atoms with van der Waals surface area (Å²) in [6.07, 6.45) is 5.67. The van der Waals surface area contributed by atoms with Crippen LogP contribution in [-0.2, 0) is 16.6 Å². The Balaban J connectivity index is 1.62. The molecule has 1 aliphatic carbocycles. The Morgan fingerprint density at radius 2 is 1.77 bits per heavy atom. The summed E-state index contributed by atoms with van der Waals surface area (Å²) in [5, 5.41) is 3.50. The third-order valence-corrected chi connectivity index (χ3v) is 7.23. The van der Waals surface area contributed by atoms with Crippen molar-refractivity contribution in [1.29, 1.82) is 0 Å². The maximum absolute atomic E-state index is 12.8. The van der Waals surface area contributed by atoms with E-state index in [0.29, 0.717) is 18.2 Å². The Bertz CT molecular complexity index is 971. The minimum absolute atomic E-state index is 0.0676. The minimum atomic E-state index is -3.79. The molecule has 8 heteroatoms. The lowest BCUT2D eigenvalue weighted by molar-refractivity contribution is 0.211. The number of para-hydroxylation sites is 1. The molecule has 0 bridgehead atoms. The normalized spacial score (nSPS) is 15.9. The van der Waals surface area contributed by atoms with E-state index in [9.17, 15) is 13.2 Å². The Morgan fingerprint density at radius 3 is 2.45 bits per heavy atom. The molecular weight excluding hydrogens is 414 g/mol. The van der Waals surface area contributed by atoms with E-state index in [2.05, 4.69) is 17.0 Å². The zero-order valence-corrected chi connectivity index (χ0v) is 18.7. The first-order chi connectivity index (χ1) is 14.8. The molecule has 1 aliphatic rings. The maximum atomic E-state index is 12.8. The molecule has 2 aromatic carbocycles. The molecule has 3 rings (SSSR count). The molecule has 1 amide bonds. The Labute approximate surface area is 184 Å². The van der Waals surface area contributed by atoms with Gasteiger partial charge in [-0.05, 0) is 54.3 Å². The molecule has 0 saturated heterocycles. The second kappa shape index (κ2) is 10.6. The summed E-state index contributed by atoms with van der Waals surface area (Å²) >= 11 is 0. The quantitative estimate of drug-likeness (QED) is 0.534. The molecule has 2 aromatic rings. The van der Waals surface area contributed by atoms with Crippen molar-refractivity contribution < 1.29 is 17.9 Å². The van der Waals surface area contributed by atoms with Gasteiger partial charge in [0.15, 0.2) is 0 Å². The molecule has 31 heavy (non-hydrogen) atoms. The molecule has 1 saturated carbocycles. The first kappa shape index (κ1) is 23.1. The first-order valence-electron chi connectivity index (χ1n) is 10.7. The van der Waals surface area contributed by atoms with E-state index in [4.69, 9.17) is 10.5 Å². The van der Waals surface area contributed by atoms with Crippen LogP contribution in [0, 0.1) is 11.8 Å². The molecule has 0 aromatic heterocycles. The lowest BCUT2D eigenvalue weighted by Gasteiger charge is -2.28. The molecule has 1 unspecified atom stereocenters. The van der Waals surface area contributed by atoms with E-state index in [1.54, 1.807) is 12.1 Å². The largest absolute Gasteiger partial charge is 0.411 e. The molecule has 1 atom stereocenters. The van der Waals surface area contributed by atoms with Gasteiger partial charge < -0.3 is 15.8 Å². The van der Waals surface area contributed by atoms with Crippen molar-refractivity contribution in [2.45, 2.75) is 50.5 Å². The van der Waals surface area contributed by atoms with E-state index < -0.39 is 16.1 Å². The predicted molar refractivity (Wildman–Crippen MR) is 121 cm³/mol. The Morgan fingerprint density at radius 1 is 1.10 bits per heavy atom. The summed E-state index contributed by atoms with van der Waals surface area (Å²) in [5.74, 6) is 1.56. The van der Waals surface area contributed by atoms with Crippen molar-refractivity contribution in [2.75, 3.05) is 11.3 Å². The topological polar surface area (TPSA) is 111 Å². The zero-order chi connectivity index (χ0) is 22.3. The van der Waals surface area contributed by atoms with E-state index >= 15 is 0 Å². The second-order valence-corrected chi connectivity index (χ2v) is 9.84. The fourth-order valence-electron chi connectivity index (χ4n) is 4.09. The number of ether oxygens (including phenoxy) is 1. The third-order valence-electron chi connectivity index (χ3n) is 5.85. The van der Waals surface area contributed by atoms with E-state index in [-0.39, 0.29) is 10.6 Å². The smallest absolute Gasteiger partial charge is 0.409 e. The summed E-state index contributed by atoms with van der Waals surface area (Å²) in [4.78, 5) is 10.9. The number of carbonyl (C=O) groups is 1. The van der Waals surface area contributed by atoms with Crippen molar-refractivity contribution in [3.8, 4) is 5.75 Å². The van der Waals surface area contributed by atoms with Crippen LogP contribution in [0.25, 0.3) is 0 Å². The van der Waals surface area contributed by atoms with Gasteiger partial charge in [-0.2, -0.15) is 0 Å². The first-order valence-corrected chi connectivity index (χ1v) is 12.2. The van der Waals surface area contributed by atoms with Gasteiger partial charge in [0.05, 0.1) is 10.6 Å². The highest BCUT2D eigenvalue weighted by Gasteiger charge is 2.20. The lowest BCUT2D eigenvalue weighted by Crippen LogP contribution is -2.27. The monoisotopic (exact) mass is 445 g/mol. The predicted octanol–water partition coefficient (Wildman–Crippen LogP) is 4.25. The number of hydrogen-bond acceptors (Lipinski definition) is 5. The number of anilines is 1. The van der Waals surface area contributed by atoms with Crippen molar-refractivity contribution in [3.05, 3.63) is 54.1 Å². The summed E-state index contributed by atoms with van der Waals surface area (Å²) < 4.78 is 33.0. The second-order valence-electron chi connectivity index (χ2n) is 8.16. The highest BCUT2D eigenvalue weighted by atomic mass is 32.2. The highest BCUT2D eigenvalue weighted by molar-refractivity contribution is 7.92. The van der Waals surface area contributed by atoms with Crippen LogP contribution < -0.4 is 20.5 Å². The van der Waals surface area contributed by atoms with Crippen LogP contribution in [0.4, 0.5) is 10.5 Å². The van der Waals surface area contributed by atoms with Crippen LogP contribution in [0.5, 0.6) is 5.75 Å². The van der Waals surface area contributed by atoms with Gasteiger partial charge in [0.2, 0.25) is 0 Å². The van der Waals surface area contributed by atoms with Crippen LogP contribution in [-0.4, -0.2) is 21.1 Å². The van der Waals surface area contributed by atoms with Gasteiger partial charge in [-0.15, -0.1) is 0 Å². The van der Waals surface area contributed by atoms with Gasteiger partial charge in [0.25, 0.3) is 10.0 Å². The lowest BCUT2D eigenvalue weighted by atomic mass is 9.81. The molecule has 0 spiro atoms. The standard InChI is InChI=1S/C23H31N3O4S/c1-17(18-7-3-2-4-8-18)15-25-16-19-9-5-6-10-22(19)26-31(28,29)21-13-11-20(12-14-21)30-23(24)27/h5-6,9-14,17-18,25-26H,2-4,7-8,15-16H2,1H3,(H2,24,27). The summed E-state index contributed by atoms with van der Waals surface area (Å²) in [6.45, 7) is 3.79. The van der Waals surface area contributed by atoms with Crippen LogP contribution in [0.3, 0.4) is 0 Å². The van der Waals surface area contributed by atoms with Crippen molar-refractivity contribution in [2.24, 2.45) is 17.6 Å². The molecular formula is C23H31N3O4S. The molecule has 1 fully saturated rings. The molecule has 168 valence electrons. The Hall–Kier alpha value is -2.58. The molecule has 0 heterocycles. The van der Waals surface area contributed by atoms with E-state index in [0.717, 1.165) is 18.0 Å². The number of primary amides is 1. The Kier molecular flexibility index (Phi) is 7.92. The molecule has 0 aliphatic heterocycles. The average molecular weight is 446 g/mol. The summed E-state index contributed by atoms with van der Waals surface area (Å²) in [7, 11) is -3.79. The molecule has 4 N–H and O–H groups in total. The van der Waals surface area contributed by atoms with Gasteiger partial charge in [0, 0.05) is 6.54 Å². The number of carbonyl (C=O) groups excluding carboxylic acids is 1. The van der Waals surface area contributed by atoms with Crippen molar-refractivity contribution in [3.63, 3.8) is 0 Å². The number of hydrogen-bond donors (Lipinski definition) is 3. The fourth-order valence-corrected chi connectivity index (χ4v) is 5.19. The van der Waals surface area contributed by atoms with Crippen LogP contribution in [0.2, 0.25) is 0 Å². The number of benzene rings is 2. The average Bonchev–Trinajstić information content (AvgIpc) is 2.75. The van der Waals surface area contributed by atoms with Gasteiger partial charge in [-0.25, -0.2) is 13.2 Å². The van der Waals surface area contributed by atoms with Crippen LogP contribution in [0.15, 0.2) is 53.4 Å². The van der Waals surface area contributed by atoms with E-state index in [1.807, 2.05) is 12.1 Å². The number of nitrogens with one attached hydrogen (secondary N) is 2. The highest BCUT2D eigenvalue weighted by Crippen LogP contribution is 2.29. The van der Waals surface area contributed by atoms with Crippen molar-refractivity contribution in [1.82, 2.24) is 5.32 Å². The number of amides is 1. The number of rotatable bonds is 9. The molecule has 0 radical (unpaired) electrons. The number of sulfonamides is 1. The summed E-state index contributed by atoms with van der Waals surface area (Å²) in [6, 6.07) is 12.9.